The summed E-state index contributed by atoms with van der Waals surface area (Å²) in [6, 6.07) is 18.4. The number of anilines is 1. The van der Waals surface area contributed by atoms with E-state index in [1.54, 1.807) is 24.4 Å². The summed E-state index contributed by atoms with van der Waals surface area (Å²) in [5, 5.41) is 13.4. The Hall–Kier alpha value is -3.30. The van der Waals surface area contributed by atoms with Gasteiger partial charge in [-0.3, -0.25) is 4.79 Å². The number of nitrogens with zero attached hydrogens (tertiary/aromatic N) is 2. The van der Waals surface area contributed by atoms with Gasteiger partial charge in [0.25, 0.3) is 5.91 Å². The molecule has 0 spiro atoms. The quantitative estimate of drug-likeness (QED) is 0.527. The Balaban J connectivity index is 1.72. The summed E-state index contributed by atoms with van der Waals surface area (Å²) in [7, 11) is 0. The normalized spacial score (nSPS) is 11.0. The Labute approximate surface area is 155 Å². The standard InChI is InChI=1S/C20H15N3O2S/c1-14-5-4-6-16(11-14)23-20(24)15(13-21)12-17-8-9-19(25-17)26-18-7-2-3-10-22-18/h2-12H,1H3,(H,23,24)/b15-12+. The Morgan fingerprint density at radius 1 is 1.23 bits per heavy atom. The molecule has 128 valence electrons. The van der Waals surface area contributed by atoms with Crippen LogP contribution in [0.15, 0.2) is 80.9 Å². The highest BCUT2D eigenvalue weighted by atomic mass is 32.2. The number of hydrogen-bond acceptors (Lipinski definition) is 5. The van der Waals surface area contributed by atoms with E-state index in [9.17, 15) is 10.1 Å². The Morgan fingerprint density at radius 3 is 2.85 bits per heavy atom. The molecule has 0 saturated carbocycles. The molecule has 6 heteroatoms. The third kappa shape index (κ3) is 4.62. The Bertz CT molecular complexity index is 988. The van der Waals surface area contributed by atoms with Gasteiger partial charge in [0, 0.05) is 18.0 Å². The third-order valence-electron chi connectivity index (χ3n) is 3.37. The lowest BCUT2D eigenvalue weighted by Gasteiger charge is -2.04. The molecule has 3 aromatic rings. The molecule has 1 aromatic carbocycles. The number of hydrogen-bond donors (Lipinski definition) is 1. The van der Waals surface area contributed by atoms with Crippen molar-refractivity contribution in [2.24, 2.45) is 0 Å². The second kappa shape index (κ2) is 8.19. The molecule has 2 heterocycles. The maximum absolute atomic E-state index is 12.3. The lowest BCUT2D eigenvalue weighted by Crippen LogP contribution is -2.13. The molecule has 0 fully saturated rings. The average molecular weight is 361 g/mol. The summed E-state index contributed by atoms with van der Waals surface area (Å²) in [6.07, 6.45) is 3.13. The van der Waals surface area contributed by atoms with Crippen molar-refractivity contribution < 1.29 is 9.21 Å². The van der Waals surface area contributed by atoms with Crippen LogP contribution in [0, 0.1) is 18.3 Å². The maximum Gasteiger partial charge on any atom is 0.266 e. The smallest absolute Gasteiger partial charge is 0.266 e. The van der Waals surface area contributed by atoms with E-state index in [0.29, 0.717) is 16.5 Å². The van der Waals surface area contributed by atoms with Gasteiger partial charge in [0.15, 0.2) is 5.09 Å². The van der Waals surface area contributed by atoms with Crippen LogP contribution in [-0.4, -0.2) is 10.9 Å². The maximum atomic E-state index is 12.3. The Kier molecular flexibility index (Phi) is 5.52. The first-order valence-corrected chi connectivity index (χ1v) is 8.64. The van der Waals surface area contributed by atoms with Crippen molar-refractivity contribution in [3.05, 3.63) is 77.7 Å². The molecule has 3 rings (SSSR count). The second-order valence-electron chi connectivity index (χ2n) is 5.42. The van der Waals surface area contributed by atoms with E-state index in [4.69, 9.17) is 4.42 Å². The van der Waals surface area contributed by atoms with Crippen molar-refractivity contribution in [2.45, 2.75) is 17.0 Å². The van der Waals surface area contributed by atoms with Crippen LogP contribution in [0.3, 0.4) is 0 Å². The van der Waals surface area contributed by atoms with Crippen molar-refractivity contribution >= 4 is 29.4 Å². The zero-order valence-electron chi connectivity index (χ0n) is 14.0. The molecule has 26 heavy (non-hydrogen) atoms. The van der Waals surface area contributed by atoms with Gasteiger partial charge < -0.3 is 9.73 Å². The van der Waals surface area contributed by atoms with E-state index >= 15 is 0 Å². The molecule has 0 unspecified atom stereocenters. The van der Waals surface area contributed by atoms with Crippen molar-refractivity contribution in [2.75, 3.05) is 5.32 Å². The molecule has 0 saturated heterocycles. The first-order valence-electron chi connectivity index (χ1n) is 7.82. The zero-order chi connectivity index (χ0) is 18.4. The molecule has 0 aliphatic rings. The highest BCUT2D eigenvalue weighted by Gasteiger charge is 2.11. The predicted molar refractivity (Wildman–Crippen MR) is 100 cm³/mol. The predicted octanol–water partition coefficient (Wildman–Crippen LogP) is 4.68. The number of carbonyl (C=O) groups is 1. The molecule has 0 aliphatic carbocycles. The summed E-state index contributed by atoms with van der Waals surface area (Å²) in [6.45, 7) is 1.93. The number of benzene rings is 1. The van der Waals surface area contributed by atoms with Gasteiger partial charge in [-0.05, 0) is 60.6 Å². The lowest BCUT2D eigenvalue weighted by atomic mass is 10.2. The summed E-state index contributed by atoms with van der Waals surface area (Å²) in [5.41, 5.74) is 1.63. The van der Waals surface area contributed by atoms with Gasteiger partial charge >= 0.3 is 0 Å². The molecule has 1 amide bonds. The largest absolute Gasteiger partial charge is 0.450 e. The fourth-order valence-electron chi connectivity index (χ4n) is 2.19. The highest BCUT2D eigenvalue weighted by Crippen LogP contribution is 2.28. The summed E-state index contributed by atoms with van der Waals surface area (Å²) in [4.78, 5) is 16.5. The molecular formula is C20H15N3O2S. The molecule has 0 aliphatic heterocycles. The van der Waals surface area contributed by atoms with Gasteiger partial charge in [0.1, 0.15) is 22.4 Å². The van der Waals surface area contributed by atoms with E-state index in [1.165, 1.54) is 17.8 Å². The van der Waals surface area contributed by atoms with Crippen LogP contribution < -0.4 is 5.32 Å². The number of nitrogens with one attached hydrogen (secondary N) is 1. The monoisotopic (exact) mass is 361 g/mol. The van der Waals surface area contributed by atoms with E-state index in [2.05, 4.69) is 10.3 Å². The van der Waals surface area contributed by atoms with E-state index in [-0.39, 0.29) is 5.57 Å². The van der Waals surface area contributed by atoms with Crippen molar-refractivity contribution in [3.63, 3.8) is 0 Å². The zero-order valence-corrected chi connectivity index (χ0v) is 14.8. The van der Waals surface area contributed by atoms with Gasteiger partial charge in [0.05, 0.1) is 0 Å². The third-order valence-corrected chi connectivity index (χ3v) is 4.24. The molecule has 5 nitrogen and oxygen atoms in total. The van der Waals surface area contributed by atoms with Crippen molar-refractivity contribution in [1.82, 2.24) is 4.98 Å². The summed E-state index contributed by atoms with van der Waals surface area (Å²) in [5.74, 6) is -0.0483. The van der Waals surface area contributed by atoms with Crippen LogP contribution in [0.25, 0.3) is 6.08 Å². The van der Waals surface area contributed by atoms with Crippen LogP contribution in [0.2, 0.25) is 0 Å². The van der Waals surface area contributed by atoms with Crippen LogP contribution >= 0.6 is 11.8 Å². The van der Waals surface area contributed by atoms with Crippen LogP contribution in [0.5, 0.6) is 0 Å². The minimum Gasteiger partial charge on any atom is -0.450 e. The first kappa shape index (κ1) is 17.5. The molecular weight excluding hydrogens is 346 g/mol. The number of pyridine rings is 1. The fourth-order valence-corrected chi connectivity index (χ4v) is 2.93. The minimum atomic E-state index is -0.478. The molecule has 0 radical (unpaired) electrons. The summed E-state index contributed by atoms with van der Waals surface area (Å²) < 4.78 is 5.65. The topological polar surface area (TPSA) is 78.9 Å². The Morgan fingerprint density at radius 2 is 2.12 bits per heavy atom. The van der Waals surface area contributed by atoms with Crippen molar-refractivity contribution in [3.8, 4) is 6.07 Å². The number of amides is 1. The van der Waals surface area contributed by atoms with Gasteiger partial charge in [-0.15, -0.1) is 0 Å². The number of aryl methyl sites for hydroxylation is 1. The van der Waals surface area contributed by atoms with E-state index < -0.39 is 5.91 Å². The molecule has 0 bridgehead atoms. The van der Waals surface area contributed by atoms with Gasteiger partial charge in [-0.25, -0.2) is 4.98 Å². The number of aromatic nitrogens is 1. The lowest BCUT2D eigenvalue weighted by molar-refractivity contribution is -0.112. The van der Waals surface area contributed by atoms with Gasteiger partial charge in [-0.1, -0.05) is 18.2 Å². The van der Waals surface area contributed by atoms with E-state index in [0.717, 1.165) is 10.6 Å². The van der Waals surface area contributed by atoms with Gasteiger partial charge in [-0.2, -0.15) is 5.26 Å². The first-order chi connectivity index (χ1) is 12.6. The van der Waals surface area contributed by atoms with E-state index in [1.807, 2.05) is 49.4 Å². The average Bonchev–Trinajstić information content (AvgIpc) is 3.07. The fraction of sp³-hybridized carbons (Fsp3) is 0.0500. The second-order valence-corrected chi connectivity index (χ2v) is 6.45. The summed E-state index contributed by atoms with van der Waals surface area (Å²) >= 11 is 1.37. The minimum absolute atomic E-state index is 0.0322. The molecule has 0 atom stereocenters. The molecule has 2 aromatic heterocycles. The highest BCUT2D eigenvalue weighted by molar-refractivity contribution is 7.99. The number of carbonyl (C=O) groups excluding carboxylic acids is 1. The van der Waals surface area contributed by atoms with Crippen molar-refractivity contribution in [1.29, 1.82) is 5.26 Å². The number of rotatable bonds is 5. The number of nitriles is 1. The van der Waals surface area contributed by atoms with Crippen LogP contribution in [0.1, 0.15) is 11.3 Å². The van der Waals surface area contributed by atoms with Crippen LogP contribution in [0.4, 0.5) is 5.69 Å². The SMILES string of the molecule is Cc1cccc(NC(=O)/C(C#N)=C/c2ccc(Sc3ccccn3)o2)c1. The van der Waals surface area contributed by atoms with Gasteiger partial charge in [0.2, 0.25) is 0 Å². The number of furan rings is 1. The molecule has 1 N–H and O–H groups in total. The van der Waals surface area contributed by atoms with Crippen LogP contribution in [-0.2, 0) is 4.79 Å².